The highest BCUT2D eigenvalue weighted by atomic mass is 32.1. The van der Waals surface area contributed by atoms with Crippen molar-refractivity contribution in [2.45, 2.75) is 13.8 Å². The Morgan fingerprint density at radius 1 is 0.958 bits per heavy atom. The second-order valence-corrected chi connectivity index (χ2v) is 6.30. The van der Waals surface area contributed by atoms with Gasteiger partial charge in [-0.1, -0.05) is 59.9 Å². The lowest BCUT2D eigenvalue weighted by molar-refractivity contribution is 1.16. The summed E-state index contributed by atoms with van der Waals surface area (Å²) in [6, 6.07) is 19.5. The van der Waals surface area contributed by atoms with E-state index in [4.69, 9.17) is 0 Å². The SMILES string of the molecule is Cc1nc(N=NC(=NNc2ccccc2)c2ccccc2)sc1C. The number of hydrazone groups is 1. The molecule has 6 heteroatoms. The van der Waals surface area contributed by atoms with Crippen LogP contribution < -0.4 is 5.43 Å². The van der Waals surface area contributed by atoms with Crippen LogP contribution in [-0.2, 0) is 0 Å². The van der Waals surface area contributed by atoms with Crippen molar-refractivity contribution < 1.29 is 0 Å². The van der Waals surface area contributed by atoms with Crippen molar-refractivity contribution in [1.29, 1.82) is 0 Å². The molecule has 0 amide bonds. The van der Waals surface area contributed by atoms with Crippen molar-refractivity contribution in [1.82, 2.24) is 4.98 Å². The number of hydrogen-bond acceptors (Lipinski definition) is 5. The van der Waals surface area contributed by atoms with E-state index in [2.05, 4.69) is 25.7 Å². The highest BCUT2D eigenvalue weighted by molar-refractivity contribution is 7.15. The highest BCUT2D eigenvalue weighted by Gasteiger charge is 2.05. The summed E-state index contributed by atoms with van der Waals surface area (Å²) in [6.45, 7) is 3.99. The largest absolute Gasteiger partial charge is 0.276 e. The maximum absolute atomic E-state index is 4.39. The van der Waals surface area contributed by atoms with Gasteiger partial charge in [-0.3, -0.25) is 5.43 Å². The van der Waals surface area contributed by atoms with Crippen LogP contribution in [0.5, 0.6) is 0 Å². The molecule has 0 spiro atoms. The van der Waals surface area contributed by atoms with Crippen molar-refractivity contribution in [2.75, 3.05) is 5.43 Å². The molecule has 1 heterocycles. The molecular formula is C18H17N5S. The summed E-state index contributed by atoms with van der Waals surface area (Å²) in [5, 5.41) is 13.6. The number of rotatable bonds is 4. The van der Waals surface area contributed by atoms with E-state index >= 15 is 0 Å². The standard InChI is InChI=1S/C18H17N5S/c1-13-14(2)24-18(19-13)23-22-17(15-9-5-3-6-10-15)21-20-16-11-7-4-8-12-16/h3-12,20H,1-2H3. The quantitative estimate of drug-likeness (QED) is 0.304. The second-order valence-electron chi connectivity index (χ2n) is 5.12. The average Bonchev–Trinajstić information content (AvgIpc) is 2.94. The molecule has 3 aromatic rings. The molecule has 0 atom stereocenters. The zero-order valence-electron chi connectivity index (χ0n) is 13.5. The van der Waals surface area contributed by atoms with Crippen LogP contribution in [0.2, 0.25) is 0 Å². The molecule has 3 rings (SSSR count). The molecule has 0 fully saturated rings. The lowest BCUT2D eigenvalue weighted by Gasteiger charge is -2.02. The van der Waals surface area contributed by atoms with E-state index in [1.165, 1.54) is 11.3 Å². The molecule has 0 bridgehead atoms. The minimum absolute atomic E-state index is 0.505. The third kappa shape index (κ3) is 4.11. The fourth-order valence-corrected chi connectivity index (χ4v) is 2.68. The molecule has 1 aromatic heterocycles. The van der Waals surface area contributed by atoms with E-state index in [0.717, 1.165) is 21.8 Å². The maximum atomic E-state index is 4.39. The summed E-state index contributed by atoms with van der Waals surface area (Å²) < 4.78 is 0. The minimum atomic E-state index is 0.505. The number of anilines is 1. The number of amidine groups is 1. The molecule has 0 unspecified atom stereocenters. The topological polar surface area (TPSA) is 62.0 Å². The van der Waals surface area contributed by atoms with E-state index in [0.29, 0.717) is 11.0 Å². The van der Waals surface area contributed by atoms with Crippen LogP contribution in [0.3, 0.4) is 0 Å². The van der Waals surface area contributed by atoms with Crippen LogP contribution in [0.1, 0.15) is 16.1 Å². The van der Waals surface area contributed by atoms with E-state index in [1.807, 2.05) is 74.5 Å². The van der Waals surface area contributed by atoms with Gasteiger partial charge in [-0.05, 0) is 26.0 Å². The van der Waals surface area contributed by atoms with Gasteiger partial charge >= 0.3 is 0 Å². The third-order valence-electron chi connectivity index (χ3n) is 3.34. The molecule has 0 saturated carbocycles. The Morgan fingerprint density at radius 2 is 1.62 bits per heavy atom. The highest BCUT2D eigenvalue weighted by Crippen LogP contribution is 2.24. The Balaban J connectivity index is 1.87. The van der Waals surface area contributed by atoms with Gasteiger partial charge in [-0.15, -0.1) is 10.2 Å². The first kappa shape index (κ1) is 16.0. The Kier molecular flexibility index (Phi) is 5.08. The van der Waals surface area contributed by atoms with E-state index in [9.17, 15) is 0 Å². The number of benzene rings is 2. The van der Waals surface area contributed by atoms with E-state index < -0.39 is 0 Å². The Labute approximate surface area is 144 Å². The molecule has 0 aliphatic rings. The molecule has 0 aliphatic heterocycles. The van der Waals surface area contributed by atoms with Crippen molar-refractivity contribution in [3.05, 3.63) is 76.8 Å². The van der Waals surface area contributed by atoms with Gasteiger partial charge in [-0.25, -0.2) is 4.98 Å². The van der Waals surface area contributed by atoms with Gasteiger partial charge in [-0.2, -0.15) is 5.10 Å². The molecule has 1 N–H and O–H groups in total. The summed E-state index contributed by atoms with van der Waals surface area (Å²) in [5.41, 5.74) is 5.77. The molecular weight excluding hydrogens is 318 g/mol. The summed E-state index contributed by atoms with van der Waals surface area (Å²) in [4.78, 5) is 5.52. The fourth-order valence-electron chi connectivity index (χ4n) is 1.95. The van der Waals surface area contributed by atoms with Crippen molar-refractivity contribution in [3.8, 4) is 0 Å². The molecule has 5 nitrogen and oxygen atoms in total. The van der Waals surface area contributed by atoms with Crippen LogP contribution in [-0.4, -0.2) is 10.8 Å². The molecule has 120 valence electrons. The van der Waals surface area contributed by atoms with Gasteiger partial charge in [0.05, 0.1) is 11.4 Å². The summed E-state index contributed by atoms with van der Waals surface area (Å²) in [5.74, 6) is 0.505. The number of aryl methyl sites for hydroxylation is 2. The number of thiazole rings is 1. The number of aromatic nitrogens is 1. The first-order valence-electron chi connectivity index (χ1n) is 7.52. The van der Waals surface area contributed by atoms with Crippen molar-refractivity contribution in [3.63, 3.8) is 0 Å². The lowest BCUT2D eigenvalue weighted by atomic mass is 10.2. The number of hydrogen-bond donors (Lipinski definition) is 1. The van der Waals surface area contributed by atoms with Gasteiger partial charge in [0.2, 0.25) is 11.0 Å². The van der Waals surface area contributed by atoms with Crippen LogP contribution in [0, 0.1) is 13.8 Å². The summed E-state index contributed by atoms with van der Waals surface area (Å²) in [7, 11) is 0. The van der Waals surface area contributed by atoms with E-state index in [-0.39, 0.29) is 0 Å². The predicted octanol–water partition coefficient (Wildman–Crippen LogP) is 5.32. The minimum Gasteiger partial charge on any atom is -0.276 e. The first-order chi connectivity index (χ1) is 11.7. The van der Waals surface area contributed by atoms with E-state index in [1.54, 1.807) is 0 Å². The Hall–Kier alpha value is -2.86. The zero-order valence-corrected chi connectivity index (χ0v) is 14.3. The smallest absolute Gasteiger partial charge is 0.230 e. The van der Waals surface area contributed by atoms with Crippen molar-refractivity contribution >= 4 is 28.0 Å². The summed E-state index contributed by atoms with van der Waals surface area (Å²) >= 11 is 1.52. The number of azo groups is 1. The predicted molar refractivity (Wildman–Crippen MR) is 99.1 cm³/mol. The van der Waals surface area contributed by atoms with Gasteiger partial charge < -0.3 is 0 Å². The fraction of sp³-hybridized carbons (Fsp3) is 0.111. The number of para-hydroxylation sites is 1. The number of nitrogens with zero attached hydrogens (tertiary/aromatic N) is 4. The monoisotopic (exact) mass is 335 g/mol. The van der Waals surface area contributed by atoms with Gasteiger partial charge in [0.1, 0.15) is 0 Å². The normalized spacial score (nSPS) is 11.8. The first-order valence-corrected chi connectivity index (χ1v) is 8.34. The van der Waals surface area contributed by atoms with Crippen molar-refractivity contribution in [2.24, 2.45) is 15.3 Å². The number of nitrogens with one attached hydrogen (secondary N) is 1. The molecule has 0 aliphatic carbocycles. The van der Waals surface area contributed by atoms with Gasteiger partial charge in [0.15, 0.2) is 0 Å². The Morgan fingerprint density at radius 3 is 2.25 bits per heavy atom. The molecule has 0 saturated heterocycles. The van der Waals surface area contributed by atoms with Crippen LogP contribution in [0.15, 0.2) is 76.0 Å². The molecule has 2 aromatic carbocycles. The third-order valence-corrected chi connectivity index (χ3v) is 4.30. The second kappa shape index (κ2) is 7.61. The molecule has 0 radical (unpaired) electrons. The average molecular weight is 335 g/mol. The van der Waals surface area contributed by atoms with Crippen LogP contribution in [0.25, 0.3) is 0 Å². The summed E-state index contributed by atoms with van der Waals surface area (Å²) in [6.07, 6.45) is 0. The van der Waals surface area contributed by atoms with Crippen LogP contribution in [0.4, 0.5) is 10.8 Å². The Bertz CT molecular complexity index is 834. The van der Waals surface area contributed by atoms with Gasteiger partial charge in [0.25, 0.3) is 0 Å². The maximum Gasteiger partial charge on any atom is 0.230 e. The lowest BCUT2D eigenvalue weighted by Crippen LogP contribution is -2.00. The van der Waals surface area contributed by atoms with Gasteiger partial charge in [0, 0.05) is 10.4 Å². The zero-order chi connectivity index (χ0) is 16.8. The molecule has 24 heavy (non-hydrogen) atoms. The van der Waals surface area contributed by atoms with Crippen LogP contribution >= 0.6 is 11.3 Å².